The molecular formula is C9H12N2O2. The van der Waals surface area contributed by atoms with Crippen LogP contribution in [0.1, 0.15) is 18.7 Å². The van der Waals surface area contributed by atoms with Crippen LogP contribution in [0, 0.1) is 0 Å². The van der Waals surface area contributed by atoms with Gasteiger partial charge in [0.2, 0.25) is 0 Å². The summed E-state index contributed by atoms with van der Waals surface area (Å²) in [5.74, 6) is 0.887. The molecule has 0 fully saturated rings. The Kier molecular flexibility index (Phi) is 2.21. The van der Waals surface area contributed by atoms with Crippen molar-refractivity contribution in [3.8, 4) is 0 Å². The van der Waals surface area contributed by atoms with Crippen LogP contribution in [0.5, 0.6) is 0 Å². The van der Waals surface area contributed by atoms with Crippen molar-refractivity contribution in [1.29, 1.82) is 0 Å². The van der Waals surface area contributed by atoms with Gasteiger partial charge < -0.3 is 14.5 Å². The first-order valence-electron chi connectivity index (χ1n) is 4.33. The minimum atomic E-state index is 0.104. The molecule has 0 aliphatic carbocycles. The van der Waals surface area contributed by atoms with Gasteiger partial charge in [-0.3, -0.25) is 0 Å². The Bertz CT molecular complexity index is 293. The third kappa shape index (κ3) is 1.83. The largest absolute Gasteiger partial charge is 0.467 e. The Labute approximate surface area is 76.6 Å². The van der Waals surface area contributed by atoms with Gasteiger partial charge in [-0.05, 0) is 19.1 Å². The van der Waals surface area contributed by atoms with E-state index in [0.717, 1.165) is 12.3 Å². The Morgan fingerprint density at radius 3 is 3.15 bits per heavy atom. The van der Waals surface area contributed by atoms with Crippen LogP contribution in [0.4, 0.5) is 0 Å². The molecule has 1 aromatic heterocycles. The molecule has 4 heteroatoms. The first-order chi connectivity index (χ1) is 6.36. The minimum Gasteiger partial charge on any atom is -0.467 e. The SMILES string of the molecule is C[C@H](NC1=NCCO1)c1ccco1. The highest BCUT2D eigenvalue weighted by molar-refractivity contribution is 5.75. The monoisotopic (exact) mass is 180 g/mol. The van der Waals surface area contributed by atoms with E-state index in [1.54, 1.807) is 6.26 Å². The molecule has 1 aromatic rings. The maximum atomic E-state index is 5.23. The van der Waals surface area contributed by atoms with Gasteiger partial charge >= 0.3 is 0 Å². The summed E-state index contributed by atoms with van der Waals surface area (Å²) in [6.07, 6.45) is 1.66. The van der Waals surface area contributed by atoms with Crippen LogP contribution in [0.3, 0.4) is 0 Å². The van der Waals surface area contributed by atoms with Crippen LogP contribution < -0.4 is 5.32 Å². The number of nitrogens with one attached hydrogen (secondary N) is 1. The lowest BCUT2D eigenvalue weighted by Crippen LogP contribution is -2.26. The molecule has 1 atom stereocenters. The molecule has 0 aromatic carbocycles. The average molecular weight is 180 g/mol. The number of rotatable bonds is 2. The zero-order valence-electron chi connectivity index (χ0n) is 7.49. The van der Waals surface area contributed by atoms with Crippen LogP contribution in [-0.4, -0.2) is 19.2 Å². The Morgan fingerprint density at radius 1 is 1.62 bits per heavy atom. The summed E-state index contributed by atoms with van der Waals surface area (Å²) in [6, 6.07) is 4.51. The molecule has 0 spiro atoms. The molecule has 2 heterocycles. The van der Waals surface area contributed by atoms with E-state index in [4.69, 9.17) is 9.15 Å². The fourth-order valence-electron chi connectivity index (χ4n) is 1.22. The van der Waals surface area contributed by atoms with Gasteiger partial charge in [-0.2, -0.15) is 0 Å². The normalized spacial score (nSPS) is 17.8. The van der Waals surface area contributed by atoms with E-state index in [1.807, 2.05) is 19.1 Å². The number of amidine groups is 1. The lowest BCUT2D eigenvalue weighted by Gasteiger charge is -2.11. The molecule has 2 rings (SSSR count). The van der Waals surface area contributed by atoms with Gasteiger partial charge in [0, 0.05) is 0 Å². The number of aliphatic imine (C=N–C) groups is 1. The zero-order chi connectivity index (χ0) is 9.10. The number of furan rings is 1. The summed E-state index contributed by atoms with van der Waals surface area (Å²) in [6.45, 7) is 3.42. The minimum absolute atomic E-state index is 0.104. The Balaban J connectivity index is 1.95. The summed E-state index contributed by atoms with van der Waals surface area (Å²) in [7, 11) is 0. The average Bonchev–Trinajstić information content (AvgIpc) is 2.74. The van der Waals surface area contributed by atoms with Gasteiger partial charge in [0.25, 0.3) is 6.02 Å². The van der Waals surface area contributed by atoms with E-state index in [0.29, 0.717) is 12.6 Å². The predicted octanol–water partition coefficient (Wildman–Crippen LogP) is 1.32. The molecule has 0 unspecified atom stereocenters. The van der Waals surface area contributed by atoms with Gasteiger partial charge in [0.1, 0.15) is 12.4 Å². The van der Waals surface area contributed by atoms with E-state index in [2.05, 4.69) is 10.3 Å². The van der Waals surface area contributed by atoms with Crippen molar-refractivity contribution in [3.05, 3.63) is 24.2 Å². The molecule has 70 valence electrons. The topological polar surface area (TPSA) is 46.8 Å². The molecule has 0 saturated heterocycles. The fraction of sp³-hybridized carbons (Fsp3) is 0.444. The first kappa shape index (κ1) is 8.16. The summed E-state index contributed by atoms with van der Waals surface area (Å²) in [5, 5.41) is 3.12. The molecule has 1 aliphatic heterocycles. The van der Waals surface area contributed by atoms with E-state index in [1.165, 1.54) is 0 Å². The van der Waals surface area contributed by atoms with Crippen LogP contribution in [-0.2, 0) is 4.74 Å². The fourth-order valence-corrected chi connectivity index (χ4v) is 1.22. The van der Waals surface area contributed by atoms with Gasteiger partial charge in [0.15, 0.2) is 0 Å². The quantitative estimate of drug-likeness (QED) is 0.746. The molecule has 1 aliphatic rings. The van der Waals surface area contributed by atoms with Gasteiger partial charge in [-0.1, -0.05) is 0 Å². The van der Waals surface area contributed by atoms with Gasteiger partial charge in [-0.15, -0.1) is 0 Å². The highest BCUT2D eigenvalue weighted by Crippen LogP contribution is 2.12. The maximum absolute atomic E-state index is 5.23. The van der Waals surface area contributed by atoms with Crippen LogP contribution in [0.15, 0.2) is 27.8 Å². The summed E-state index contributed by atoms with van der Waals surface area (Å²) < 4.78 is 10.5. The second kappa shape index (κ2) is 3.51. The van der Waals surface area contributed by atoms with Crippen LogP contribution in [0.2, 0.25) is 0 Å². The number of hydrogen-bond acceptors (Lipinski definition) is 4. The van der Waals surface area contributed by atoms with Crippen molar-refractivity contribution in [1.82, 2.24) is 5.32 Å². The van der Waals surface area contributed by atoms with E-state index < -0.39 is 0 Å². The standard InChI is InChI=1S/C9H12N2O2/c1-7(8-3-2-5-12-8)11-9-10-4-6-13-9/h2-3,5,7H,4,6H2,1H3,(H,10,11)/t7-/m0/s1. The Morgan fingerprint density at radius 2 is 2.54 bits per heavy atom. The van der Waals surface area contributed by atoms with E-state index in [9.17, 15) is 0 Å². The molecule has 0 radical (unpaired) electrons. The third-order valence-corrected chi connectivity index (χ3v) is 1.90. The number of ether oxygens (including phenoxy) is 1. The highest BCUT2D eigenvalue weighted by Gasteiger charge is 2.13. The van der Waals surface area contributed by atoms with Gasteiger partial charge in [-0.25, -0.2) is 4.99 Å². The molecule has 0 amide bonds. The molecule has 0 bridgehead atoms. The van der Waals surface area contributed by atoms with Crippen LogP contribution in [0.25, 0.3) is 0 Å². The molecule has 13 heavy (non-hydrogen) atoms. The summed E-state index contributed by atoms with van der Waals surface area (Å²) in [4.78, 5) is 4.13. The second-order valence-corrected chi connectivity index (χ2v) is 2.92. The molecule has 1 N–H and O–H groups in total. The number of hydrogen-bond donors (Lipinski definition) is 1. The van der Waals surface area contributed by atoms with Crippen molar-refractivity contribution in [2.45, 2.75) is 13.0 Å². The Hall–Kier alpha value is -1.45. The zero-order valence-corrected chi connectivity index (χ0v) is 7.49. The van der Waals surface area contributed by atoms with Crippen LogP contribution >= 0.6 is 0 Å². The highest BCUT2D eigenvalue weighted by atomic mass is 16.5. The van der Waals surface area contributed by atoms with Crippen molar-refractivity contribution in [2.75, 3.05) is 13.2 Å². The lowest BCUT2D eigenvalue weighted by molar-refractivity contribution is 0.322. The smallest absolute Gasteiger partial charge is 0.285 e. The molecular weight excluding hydrogens is 168 g/mol. The van der Waals surface area contributed by atoms with Crippen molar-refractivity contribution in [2.24, 2.45) is 4.99 Å². The first-order valence-corrected chi connectivity index (χ1v) is 4.33. The lowest BCUT2D eigenvalue weighted by atomic mass is 10.3. The summed E-state index contributed by atoms with van der Waals surface area (Å²) in [5.41, 5.74) is 0. The van der Waals surface area contributed by atoms with E-state index >= 15 is 0 Å². The van der Waals surface area contributed by atoms with Crippen molar-refractivity contribution >= 4 is 6.02 Å². The van der Waals surface area contributed by atoms with E-state index in [-0.39, 0.29) is 6.04 Å². The second-order valence-electron chi connectivity index (χ2n) is 2.92. The maximum Gasteiger partial charge on any atom is 0.285 e. The molecule has 4 nitrogen and oxygen atoms in total. The third-order valence-electron chi connectivity index (χ3n) is 1.90. The van der Waals surface area contributed by atoms with Crippen molar-refractivity contribution < 1.29 is 9.15 Å². The van der Waals surface area contributed by atoms with Gasteiger partial charge in [0.05, 0.1) is 18.8 Å². The number of nitrogens with zero attached hydrogens (tertiary/aromatic N) is 1. The van der Waals surface area contributed by atoms with Crippen molar-refractivity contribution in [3.63, 3.8) is 0 Å². The summed E-state index contributed by atoms with van der Waals surface area (Å²) >= 11 is 0. The predicted molar refractivity (Wildman–Crippen MR) is 48.5 cm³/mol. The molecule has 0 saturated carbocycles.